The highest BCUT2D eigenvalue weighted by Crippen LogP contribution is 2.52. The second-order valence-corrected chi connectivity index (χ2v) is 17.9. The van der Waals surface area contributed by atoms with E-state index in [9.17, 15) is 0 Å². The van der Waals surface area contributed by atoms with E-state index in [1.54, 1.807) is 7.11 Å². The summed E-state index contributed by atoms with van der Waals surface area (Å²) in [5.41, 5.74) is 14.6. The van der Waals surface area contributed by atoms with Gasteiger partial charge in [0.05, 0.1) is 12.8 Å². The molecule has 0 N–H and O–H groups in total. The Labute approximate surface area is 301 Å². The first kappa shape index (κ1) is 31.5. The van der Waals surface area contributed by atoms with Crippen molar-refractivity contribution in [1.29, 1.82) is 0 Å². The van der Waals surface area contributed by atoms with Gasteiger partial charge in [-0.25, -0.2) is 0 Å². The standard InChI is InChI=1S/C45H45BN2OS/c1-43(2,3)28-18-20-30(21-19-28)47-36-17-13-12-16-35(36)46-40-37(47)24-31(49-8)25-38(40)48(29-14-10-9-11-15-29)41-32-26-33-34(27-39(32)50-42(41)46)45(6,7)23-22-44(33,4)5/h9-21,24-27H,22-23H2,1-8H3. The second kappa shape index (κ2) is 10.8. The molecule has 0 radical (unpaired) electrons. The summed E-state index contributed by atoms with van der Waals surface area (Å²) >= 11 is 1.99. The number of hydrogen-bond donors (Lipinski definition) is 0. The van der Waals surface area contributed by atoms with Crippen molar-refractivity contribution in [2.45, 2.75) is 77.6 Å². The van der Waals surface area contributed by atoms with Gasteiger partial charge in [-0.1, -0.05) is 97.0 Å². The van der Waals surface area contributed by atoms with E-state index in [4.69, 9.17) is 4.74 Å². The van der Waals surface area contributed by atoms with Gasteiger partial charge in [0.2, 0.25) is 0 Å². The van der Waals surface area contributed by atoms with Gasteiger partial charge >= 0.3 is 0 Å². The van der Waals surface area contributed by atoms with Crippen molar-refractivity contribution in [2.24, 2.45) is 0 Å². The summed E-state index contributed by atoms with van der Waals surface area (Å²) in [5.74, 6) is 0.859. The van der Waals surface area contributed by atoms with Gasteiger partial charge in [0.25, 0.3) is 6.71 Å². The van der Waals surface area contributed by atoms with Crippen molar-refractivity contribution in [2.75, 3.05) is 16.9 Å². The third kappa shape index (κ3) is 4.55. The van der Waals surface area contributed by atoms with Crippen LogP contribution in [-0.4, -0.2) is 13.8 Å². The number of nitrogens with zero attached hydrogens (tertiary/aromatic N) is 2. The van der Waals surface area contributed by atoms with Crippen LogP contribution in [0.4, 0.5) is 34.1 Å². The maximum Gasteiger partial charge on any atom is 0.264 e. The lowest BCUT2D eigenvalue weighted by atomic mass is 9.36. The molecule has 0 bridgehead atoms. The lowest BCUT2D eigenvalue weighted by Crippen LogP contribution is -2.60. The van der Waals surface area contributed by atoms with Gasteiger partial charge in [-0.15, -0.1) is 11.3 Å². The Kier molecular flexibility index (Phi) is 6.78. The molecule has 0 atom stereocenters. The molecule has 0 spiro atoms. The smallest absolute Gasteiger partial charge is 0.264 e. The molecule has 5 aromatic carbocycles. The summed E-state index contributed by atoms with van der Waals surface area (Å²) in [7, 11) is 1.79. The van der Waals surface area contributed by atoms with Crippen molar-refractivity contribution in [3.05, 3.63) is 120 Å². The van der Waals surface area contributed by atoms with Crippen LogP contribution in [0.25, 0.3) is 10.1 Å². The number of para-hydroxylation sites is 2. The van der Waals surface area contributed by atoms with E-state index in [1.165, 1.54) is 83.8 Å². The van der Waals surface area contributed by atoms with Crippen molar-refractivity contribution in [3.8, 4) is 5.75 Å². The molecule has 0 saturated carbocycles. The Balaban J connectivity index is 1.38. The van der Waals surface area contributed by atoms with Crippen LogP contribution in [-0.2, 0) is 16.2 Å². The average Bonchev–Trinajstić information content (AvgIpc) is 3.48. The number of fused-ring (bicyclic) bond motifs is 7. The van der Waals surface area contributed by atoms with E-state index < -0.39 is 0 Å². The summed E-state index contributed by atoms with van der Waals surface area (Å²) in [5, 5.41) is 1.35. The first-order valence-corrected chi connectivity index (χ1v) is 18.9. The molecule has 3 heterocycles. The van der Waals surface area contributed by atoms with Crippen LogP contribution in [0.5, 0.6) is 5.75 Å². The number of methoxy groups -OCH3 is 1. The fourth-order valence-corrected chi connectivity index (χ4v) is 10.2. The van der Waals surface area contributed by atoms with Crippen LogP contribution in [0.1, 0.15) is 78.0 Å². The number of benzene rings is 5. The number of rotatable bonds is 3. The van der Waals surface area contributed by atoms with Crippen LogP contribution in [0.2, 0.25) is 0 Å². The third-order valence-electron chi connectivity index (χ3n) is 11.8. The number of hydrogen-bond acceptors (Lipinski definition) is 4. The normalized spacial score (nSPS) is 16.8. The lowest BCUT2D eigenvalue weighted by molar-refractivity contribution is 0.332. The average molecular weight is 673 g/mol. The van der Waals surface area contributed by atoms with Crippen LogP contribution in [0, 0.1) is 0 Å². The van der Waals surface area contributed by atoms with Gasteiger partial charge < -0.3 is 14.5 Å². The predicted molar refractivity (Wildman–Crippen MR) is 216 cm³/mol. The van der Waals surface area contributed by atoms with E-state index >= 15 is 0 Å². The van der Waals surface area contributed by atoms with Crippen LogP contribution < -0.4 is 30.2 Å². The number of thiophene rings is 1. The zero-order chi connectivity index (χ0) is 34.7. The predicted octanol–water partition coefficient (Wildman–Crippen LogP) is 10.6. The minimum absolute atomic E-state index is 0.0793. The van der Waals surface area contributed by atoms with Gasteiger partial charge in [0, 0.05) is 55.4 Å². The summed E-state index contributed by atoms with van der Waals surface area (Å²) in [6.07, 6.45) is 2.40. The molecular weight excluding hydrogens is 627 g/mol. The molecule has 0 amide bonds. The van der Waals surface area contributed by atoms with Crippen molar-refractivity contribution in [1.82, 2.24) is 0 Å². The monoisotopic (exact) mass is 672 g/mol. The Bertz CT molecular complexity index is 2310. The SMILES string of the molecule is COc1cc2c3c(c1)N(c1ccccc1)c1c(sc4cc5c(cc14)C(C)(C)CCC5(C)C)B3c1ccccc1N2c1ccc(C(C)(C)C)cc1. The van der Waals surface area contributed by atoms with Gasteiger partial charge in [0.15, 0.2) is 0 Å². The third-order valence-corrected chi connectivity index (χ3v) is 13.0. The van der Waals surface area contributed by atoms with Crippen molar-refractivity contribution < 1.29 is 4.74 Å². The van der Waals surface area contributed by atoms with Gasteiger partial charge in [0.1, 0.15) is 5.75 Å². The minimum atomic E-state index is 0.0793. The van der Waals surface area contributed by atoms with Crippen molar-refractivity contribution in [3.63, 3.8) is 0 Å². The molecule has 2 aliphatic heterocycles. The molecule has 0 fully saturated rings. The fraction of sp³-hybridized carbons (Fsp3) is 0.289. The van der Waals surface area contributed by atoms with Crippen LogP contribution in [0.15, 0.2) is 103 Å². The quantitative estimate of drug-likeness (QED) is 0.174. The maximum absolute atomic E-state index is 6.13. The first-order valence-electron chi connectivity index (χ1n) is 18.1. The minimum Gasteiger partial charge on any atom is -0.497 e. The molecule has 3 aliphatic rings. The summed E-state index contributed by atoms with van der Waals surface area (Å²) in [4.78, 5) is 5.00. The van der Waals surface area contributed by atoms with E-state index in [1.807, 2.05) is 11.3 Å². The lowest BCUT2D eigenvalue weighted by Gasteiger charge is -2.43. The molecule has 5 heteroatoms. The molecule has 1 aromatic heterocycles. The van der Waals surface area contributed by atoms with E-state index in [2.05, 4.69) is 161 Å². The Morgan fingerprint density at radius 2 is 1.28 bits per heavy atom. The highest BCUT2D eigenvalue weighted by atomic mass is 32.1. The van der Waals surface area contributed by atoms with Gasteiger partial charge in [-0.05, 0) is 99.2 Å². The fourth-order valence-electron chi connectivity index (χ4n) is 8.82. The highest BCUT2D eigenvalue weighted by molar-refractivity contribution is 7.33. The molecule has 0 saturated heterocycles. The number of ether oxygens (including phenoxy) is 1. The number of anilines is 6. The molecule has 9 rings (SSSR count). The summed E-state index contributed by atoms with van der Waals surface area (Å²) < 4.78 is 8.92. The molecule has 50 heavy (non-hydrogen) atoms. The Morgan fingerprint density at radius 3 is 1.94 bits per heavy atom. The zero-order valence-electron chi connectivity index (χ0n) is 30.5. The van der Waals surface area contributed by atoms with Gasteiger partial charge in [-0.2, -0.15) is 0 Å². The van der Waals surface area contributed by atoms with Gasteiger partial charge in [-0.3, -0.25) is 0 Å². The second-order valence-electron chi connectivity index (χ2n) is 16.9. The van der Waals surface area contributed by atoms with Crippen molar-refractivity contribution >= 4 is 78.0 Å². The highest BCUT2D eigenvalue weighted by Gasteiger charge is 2.46. The van der Waals surface area contributed by atoms with Crippen LogP contribution in [0.3, 0.4) is 0 Å². The first-order chi connectivity index (χ1) is 23.9. The molecule has 0 unspecified atom stereocenters. The maximum atomic E-state index is 6.13. The largest absolute Gasteiger partial charge is 0.497 e. The van der Waals surface area contributed by atoms with E-state index in [0.717, 1.165) is 11.4 Å². The van der Waals surface area contributed by atoms with E-state index in [0.29, 0.717) is 0 Å². The summed E-state index contributed by atoms with van der Waals surface area (Å²) in [6.45, 7) is 16.7. The molecule has 1 aliphatic carbocycles. The molecular formula is C45H45BN2OS. The topological polar surface area (TPSA) is 15.7 Å². The zero-order valence-corrected chi connectivity index (χ0v) is 31.3. The van der Waals surface area contributed by atoms with E-state index in [-0.39, 0.29) is 23.0 Å². The summed E-state index contributed by atoms with van der Waals surface area (Å²) in [6, 6.07) is 38.8. The molecule has 6 aromatic rings. The molecule has 250 valence electrons. The Hall–Kier alpha value is -4.48. The Morgan fingerprint density at radius 1 is 0.680 bits per heavy atom. The van der Waals surface area contributed by atoms with Crippen LogP contribution >= 0.6 is 11.3 Å². The molecule has 3 nitrogen and oxygen atoms in total.